The van der Waals surface area contributed by atoms with Crippen molar-refractivity contribution in [1.82, 2.24) is 35.1 Å². The fourth-order valence-corrected chi connectivity index (χ4v) is 5.55. The molecule has 0 fully saturated rings. The number of fused-ring (bicyclic) bond motifs is 2. The molecule has 4 heterocycles. The number of aryl methyl sites for hydroxylation is 1. The molecule has 3 aromatic carbocycles. The van der Waals surface area contributed by atoms with Crippen LogP contribution in [0.4, 0.5) is 4.39 Å². The molecule has 0 saturated carbocycles. The van der Waals surface area contributed by atoms with Crippen LogP contribution in [0.1, 0.15) is 22.3 Å². The summed E-state index contributed by atoms with van der Waals surface area (Å²) in [7, 11) is 0. The van der Waals surface area contributed by atoms with Gasteiger partial charge >= 0.3 is 0 Å². The first-order valence-electron chi connectivity index (χ1n) is 13.1. The number of hydrogen-bond acceptors (Lipinski definition) is 5. The van der Waals surface area contributed by atoms with E-state index in [-0.39, 0.29) is 0 Å². The van der Waals surface area contributed by atoms with Crippen LogP contribution in [0.2, 0.25) is 5.02 Å². The van der Waals surface area contributed by atoms with Crippen molar-refractivity contribution in [2.24, 2.45) is 0 Å². The van der Waals surface area contributed by atoms with E-state index in [1.807, 2.05) is 31.3 Å². The minimum Gasteiger partial charge on any atom is -0.294 e. The lowest BCUT2D eigenvalue weighted by Crippen LogP contribution is -2.30. The molecule has 0 radical (unpaired) electrons. The summed E-state index contributed by atoms with van der Waals surface area (Å²) in [5.41, 5.74) is 9.18. The molecule has 0 saturated heterocycles. The van der Waals surface area contributed by atoms with Gasteiger partial charge in [-0.3, -0.25) is 10.00 Å². The van der Waals surface area contributed by atoms with Gasteiger partial charge in [0, 0.05) is 41.8 Å². The van der Waals surface area contributed by atoms with Gasteiger partial charge in [-0.15, -0.1) is 5.10 Å². The molecule has 7 nitrogen and oxygen atoms in total. The lowest BCUT2D eigenvalue weighted by atomic mass is 9.98. The molecule has 0 bridgehead atoms. The number of rotatable bonds is 5. The number of aromatic amines is 1. The average molecular weight is 550 g/mol. The van der Waals surface area contributed by atoms with Gasteiger partial charge in [0.2, 0.25) is 5.95 Å². The molecule has 0 amide bonds. The Balaban J connectivity index is 1.15. The third-order valence-electron chi connectivity index (χ3n) is 7.56. The van der Waals surface area contributed by atoms with Crippen molar-refractivity contribution in [2.75, 3.05) is 6.54 Å². The first-order valence-corrected chi connectivity index (χ1v) is 13.5. The topological polar surface area (TPSA) is 75.5 Å². The van der Waals surface area contributed by atoms with E-state index in [4.69, 9.17) is 11.6 Å². The van der Waals surface area contributed by atoms with Crippen molar-refractivity contribution in [3.05, 3.63) is 112 Å². The van der Waals surface area contributed by atoms with Crippen molar-refractivity contribution in [1.29, 1.82) is 0 Å². The molecule has 6 aromatic rings. The molecule has 3 aromatic heterocycles. The molecule has 9 heteroatoms. The van der Waals surface area contributed by atoms with E-state index in [0.717, 1.165) is 58.8 Å². The highest BCUT2D eigenvalue weighted by Gasteiger charge is 2.19. The molecule has 0 aliphatic carbocycles. The van der Waals surface area contributed by atoms with Crippen LogP contribution in [0.5, 0.6) is 0 Å². The Hall–Kier alpha value is -4.40. The zero-order valence-electron chi connectivity index (χ0n) is 21.8. The van der Waals surface area contributed by atoms with E-state index < -0.39 is 5.95 Å². The second-order valence-electron chi connectivity index (χ2n) is 10.2. The second kappa shape index (κ2) is 9.97. The van der Waals surface area contributed by atoms with E-state index in [2.05, 4.69) is 66.8 Å². The average Bonchev–Trinajstić information content (AvgIpc) is 3.62. The van der Waals surface area contributed by atoms with Crippen LogP contribution in [0.15, 0.2) is 79.1 Å². The van der Waals surface area contributed by atoms with Gasteiger partial charge in [-0.2, -0.15) is 9.49 Å². The monoisotopic (exact) mass is 549 g/mol. The van der Waals surface area contributed by atoms with E-state index >= 15 is 0 Å². The molecule has 40 heavy (non-hydrogen) atoms. The SMILES string of the molecule is Cc1ccc(CN2CCc3ccc(-n4cc(-c5n[nH]c6ccc(-c7cccnc7F)cc56)nn4)cc3C2)cc1Cl. The smallest absolute Gasteiger partial charge is 0.220 e. The number of pyridine rings is 1. The van der Waals surface area contributed by atoms with Crippen LogP contribution < -0.4 is 0 Å². The maximum atomic E-state index is 14.3. The molecule has 7 rings (SSSR count). The summed E-state index contributed by atoms with van der Waals surface area (Å²) in [4.78, 5) is 6.22. The molecular weight excluding hydrogens is 525 g/mol. The molecule has 0 unspecified atom stereocenters. The largest absolute Gasteiger partial charge is 0.294 e. The van der Waals surface area contributed by atoms with E-state index in [9.17, 15) is 4.39 Å². The predicted octanol–water partition coefficient (Wildman–Crippen LogP) is 6.53. The van der Waals surface area contributed by atoms with Gasteiger partial charge in [0.15, 0.2) is 0 Å². The standard InChI is InChI=1S/C31H25ClFN7/c1-19-4-5-20(13-27(19)32)16-39-12-10-21-6-8-24(14-23(21)17-39)40-18-29(36-38-40)30-26-15-22(7-9-28(26)35-37-30)25-3-2-11-34-31(25)33/h2-9,11,13-15,18H,10,12,16-17H2,1H3,(H,35,37). The van der Waals surface area contributed by atoms with Gasteiger partial charge in [-0.25, -0.2) is 9.67 Å². The summed E-state index contributed by atoms with van der Waals surface area (Å²) in [6.45, 7) is 4.74. The number of nitrogens with zero attached hydrogens (tertiary/aromatic N) is 6. The van der Waals surface area contributed by atoms with Crippen molar-refractivity contribution >= 4 is 22.5 Å². The summed E-state index contributed by atoms with van der Waals surface area (Å²) < 4.78 is 16.1. The van der Waals surface area contributed by atoms with Crippen molar-refractivity contribution in [3.63, 3.8) is 0 Å². The van der Waals surface area contributed by atoms with E-state index in [1.165, 1.54) is 22.9 Å². The van der Waals surface area contributed by atoms with Crippen molar-refractivity contribution in [2.45, 2.75) is 26.4 Å². The number of H-pyrrole nitrogens is 1. The third kappa shape index (κ3) is 4.55. The molecule has 1 aliphatic rings. The van der Waals surface area contributed by atoms with Gasteiger partial charge in [-0.05, 0) is 83.6 Å². The summed E-state index contributed by atoms with van der Waals surface area (Å²) in [5, 5.41) is 18.0. The van der Waals surface area contributed by atoms with Crippen molar-refractivity contribution < 1.29 is 4.39 Å². The van der Waals surface area contributed by atoms with E-state index in [0.29, 0.717) is 17.0 Å². The van der Waals surface area contributed by atoms with Gasteiger partial charge in [0.1, 0.15) is 11.4 Å². The molecular formula is C31H25ClFN7. The highest BCUT2D eigenvalue weighted by atomic mass is 35.5. The van der Waals surface area contributed by atoms with Crippen LogP contribution in [0.25, 0.3) is 39.1 Å². The number of nitrogens with one attached hydrogen (secondary N) is 1. The Morgan fingerprint density at radius 3 is 2.83 bits per heavy atom. The van der Waals surface area contributed by atoms with Crippen LogP contribution >= 0.6 is 11.6 Å². The van der Waals surface area contributed by atoms with Crippen LogP contribution in [0.3, 0.4) is 0 Å². The van der Waals surface area contributed by atoms with Crippen LogP contribution in [-0.4, -0.2) is 41.6 Å². The van der Waals surface area contributed by atoms with Gasteiger partial charge in [0.05, 0.1) is 17.4 Å². The lowest BCUT2D eigenvalue weighted by molar-refractivity contribution is 0.245. The van der Waals surface area contributed by atoms with Gasteiger partial charge < -0.3 is 0 Å². The minimum absolute atomic E-state index is 0.439. The number of aromatic nitrogens is 6. The molecule has 1 N–H and O–H groups in total. The Labute approximate surface area is 235 Å². The zero-order valence-corrected chi connectivity index (χ0v) is 22.5. The molecule has 0 atom stereocenters. The number of benzene rings is 3. The maximum Gasteiger partial charge on any atom is 0.220 e. The number of halogens is 2. The van der Waals surface area contributed by atoms with Crippen LogP contribution in [-0.2, 0) is 19.5 Å². The quantitative estimate of drug-likeness (QED) is 0.247. The Morgan fingerprint density at radius 2 is 1.95 bits per heavy atom. The molecule has 1 aliphatic heterocycles. The Kier molecular flexibility index (Phi) is 6.14. The summed E-state index contributed by atoms with van der Waals surface area (Å²) in [6, 6.07) is 21.8. The minimum atomic E-state index is -0.508. The Morgan fingerprint density at radius 1 is 1.02 bits per heavy atom. The highest BCUT2D eigenvalue weighted by molar-refractivity contribution is 6.31. The summed E-state index contributed by atoms with van der Waals surface area (Å²) in [5.74, 6) is -0.508. The fraction of sp³-hybridized carbons (Fsp3) is 0.161. The van der Waals surface area contributed by atoms with Gasteiger partial charge in [0.25, 0.3) is 0 Å². The number of hydrogen-bond donors (Lipinski definition) is 1. The second-order valence-corrected chi connectivity index (χ2v) is 10.6. The first-order chi connectivity index (χ1) is 19.5. The summed E-state index contributed by atoms with van der Waals surface area (Å²) in [6.07, 6.45) is 4.32. The molecule has 0 spiro atoms. The van der Waals surface area contributed by atoms with Gasteiger partial charge in [-0.1, -0.05) is 41.1 Å². The van der Waals surface area contributed by atoms with E-state index in [1.54, 1.807) is 16.8 Å². The highest BCUT2D eigenvalue weighted by Crippen LogP contribution is 2.31. The predicted molar refractivity (Wildman–Crippen MR) is 154 cm³/mol. The van der Waals surface area contributed by atoms with Crippen molar-refractivity contribution in [3.8, 4) is 28.2 Å². The first kappa shape index (κ1) is 24.6. The maximum absolute atomic E-state index is 14.3. The summed E-state index contributed by atoms with van der Waals surface area (Å²) >= 11 is 6.36. The van der Waals surface area contributed by atoms with Crippen LogP contribution in [0, 0.1) is 12.9 Å². The Bertz CT molecular complexity index is 1880. The lowest BCUT2D eigenvalue weighted by Gasteiger charge is -2.29. The molecule has 198 valence electrons. The fourth-order valence-electron chi connectivity index (χ4n) is 5.35. The zero-order chi connectivity index (χ0) is 27.2. The normalized spacial score (nSPS) is 13.6. The third-order valence-corrected chi connectivity index (χ3v) is 7.96.